The van der Waals surface area contributed by atoms with Crippen molar-refractivity contribution < 1.29 is 46.9 Å². The molecule has 4 rings (SSSR count). The van der Waals surface area contributed by atoms with Crippen LogP contribution in [-0.2, 0) is 30.4 Å². The third kappa shape index (κ3) is 8.82. The molecule has 0 saturated carbocycles. The number of benzene rings is 2. The van der Waals surface area contributed by atoms with Crippen molar-refractivity contribution in [3.8, 4) is 11.3 Å². The van der Waals surface area contributed by atoms with E-state index in [1.165, 1.54) is 36.4 Å². The molecule has 14 heteroatoms. The lowest BCUT2D eigenvalue weighted by atomic mass is 9.81. The van der Waals surface area contributed by atoms with Crippen molar-refractivity contribution in [2.24, 2.45) is 11.3 Å². The molecule has 2 aromatic carbocycles. The van der Waals surface area contributed by atoms with Crippen LogP contribution >= 0.6 is 0 Å². The number of halogens is 3. The summed E-state index contributed by atoms with van der Waals surface area (Å²) in [4.78, 5) is 59.0. The molecule has 3 aromatic rings. The maximum Gasteiger partial charge on any atom is 0.410 e. The number of aromatic nitrogens is 2. The predicted molar refractivity (Wildman–Crippen MR) is 176 cm³/mol. The number of esters is 1. The molecule has 2 amide bonds. The van der Waals surface area contributed by atoms with E-state index in [4.69, 9.17) is 9.47 Å². The summed E-state index contributed by atoms with van der Waals surface area (Å²) in [6.45, 7) is 9.29. The van der Waals surface area contributed by atoms with E-state index in [9.17, 15) is 28.7 Å². The quantitative estimate of drug-likeness (QED) is 0.241. The highest BCUT2D eigenvalue weighted by molar-refractivity contribution is 5.85. The summed E-state index contributed by atoms with van der Waals surface area (Å²) < 4.78 is 57.4. The van der Waals surface area contributed by atoms with Crippen LogP contribution in [0.3, 0.4) is 0 Å². The summed E-state index contributed by atoms with van der Waals surface area (Å²) in [5.41, 5.74) is -2.21. The normalized spacial score (nSPS) is 17.6. The van der Waals surface area contributed by atoms with Gasteiger partial charge in [0, 0.05) is 44.2 Å². The Morgan fingerprint density at radius 3 is 2.30 bits per heavy atom. The van der Waals surface area contributed by atoms with Crippen LogP contribution in [0.4, 0.5) is 18.0 Å². The van der Waals surface area contributed by atoms with Crippen molar-refractivity contribution in [2.45, 2.75) is 78.9 Å². The number of carboxylic acids is 1. The summed E-state index contributed by atoms with van der Waals surface area (Å²) in [6, 6.07) is 10.3. The molecule has 2 heterocycles. The standard InChI is InChI=1S/C36H43F3N4O7/c1-21(49-22(2)44)32(45)43(18-24-17-42(19-28(24)39)34(48)50-35(3,4)5)30(36(6,7)33(46)47)31-40-29(26-15-25(37)13-14-27(26)38)20-41(31)16-23-11-9-8-10-12-23/h8-15,20-21,24,28,30H,16-19H2,1-7H3,(H,46,47)/t21-,24-,28-,30-/m0/s1. The Balaban J connectivity index is 1.91. The molecule has 1 aromatic heterocycles. The van der Waals surface area contributed by atoms with Crippen LogP contribution in [0.15, 0.2) is 54.7 Å². The van der Waals surface area contributed by atoms with Crippen LogP contribution in [0.1, 0.15) is 65.9 Å². The minimum Gasteiger partial charge on any atom is -0.481 e. The number of imidazole rings is 1. The Kier molecular flexibility index (Phi) is 11.3. The van der Waals surface area contributed by atoms with E-state index >= 15 is 8.78 Å². The molecule has 50 heavy (non-hydrogen) atoms. The fraction of sp³-hybridized carbons (Fsp3) is 0.472. The van der Waals surface area contributed by atoms with Gasteiger partial charge >= 0.3 is 18.0 Å². The molecule has 1 aliphatic heterocycles. The Hall–Kier alpha value is -4.88. The maximum atomic E-state index is 15.8. The molecule has 270 valence electrons. The minimum absolute atomic E-state index is 0.0271. The zero-order valence-corrected chi connectivity index (χ0v) is 29.2. The van der Waals surface area contributed by atoms with Gasteiger partial charge in [-0.25, -0.2) is 22.9 Å². The molecule has 0 aliphatic carbocycles. The van der Waals surface area contributed by atoms with E-state index in [1.54, 1.807) is 51.1 Å². The number of rotatable bonds is 11. The van der Waals surface area contributed by atoms with Crippen LogP contribution in [0, 0.1) is 23.0 Å². The van der Waals surface area contributed by atoms with Gasteiger partial charge in [0.05, 0.1) is 17.7 Å². The van der Waals surface area contributed by atoms with Crippen molar-refractivity contribution in [1.29, 1.82) is 0 Å². The van der Waals surface area contributed by atoms with Crippen molar-refractivity contribution in [2.75, 3.05) is 19.6 Å². The molecule has 4 atom stereocenters. The first-order valence-corrected chi connectivity index (χ1v) is 16.2. The zero-order chi connectivity index (χ0) is 37.1. The van der Waals surface area contributed by atoms with Crippen molar-refractivity contribution in [3.05, 3.63) is 77.8 Å². The number of carbonyl (C=O) groups excluding carboxylic acids is 3. The average molecular weight is 701 g/mol. The smallest absolute Gasteiger partial charge is 0.410 e. The molecular weight excluding hydrogens is 657 g/mol. The third-order valence-electron chi connectivity index (χ3n) is 8.42. The Morgan fingerprint density at radius 2 is 1.70 bits per heavy atom. The van der Waals surface area contributed by atoms with Crippen molar-refractivity contribution >= 4 is 23.9 Å². The molecule has 1 N–H and O–H groups in total. The lowest BCUT2D eigenvalue weighted by Gasteiger charge is -2.41. The molecule has 0 spiro atoms. The summed E-state index contributed by atoms with van der Waals surface area (Å²) in [7, 11) is 0. The lowest BCUT2D eigenvalue weighted by Crippen LogP contribution is -2.52. The SMILES string of the molecule is CC(=O)O[C@@H](C)C(=O)N(C[C@@H]1CN(C(=O)OC(C)(C)C)C[C@@H]1F)[C@@H](c1nc(-c2cc(F)ccc2F)cn1Cc1ccccc1)C(C)(C)C(=O)O. The van der Waals surface area contributed by atoms with Gasteiger partial charge in [-0.3, -0.25) is 14.4 Å². The maximum absolute atomic E-state index is 15.8. The number of hydrogen-bond acceptors (Lipinski definition) is 7. The highest BCUT2D eigenvalue weighted by Gasteiger charge is 2.49. The first-order chi connectivity index (χ1) is 23.3. The molecular formula is C36H43F3N4O7. The molecule has 11 nitrogen and oxygen atoms in total. The summed E-state index contributed by atoms with van der Waals surface area (Å²) in [6.07, 6.45) is -2.40. The largest absolute Gasteiger partial charge is 0.481 e. The van der Waals surface area contributed by atoms with E-state index < -0.39 is 77.4 Å². The van der Waals surface area contributed by atoms with E-state index in [2.05, 4.69) is 4.98 Å². The molecule has 1 fully saturated rings. The first kappa shape index (κ1) is 37.9. The van der Waals surface area contributed by atoms with Gasteiger partial charge in [-0.1, -0.05) is 30.3 Å². The fourth-order valence-electron chi connectivity index (χ4n) is 5.93. The summed E-state index contributed by atoms with van der Waals surface area (Å²) in [5, 5.41) is 10.6. The number of alkyl halides is 1. The van der Waals surface area contributed by atoms with E-state index in [-0.39, 0.29) is 36.7 Å². The fourth-order valence-corrected chi connectivity index (χ4v) is 5.93. The number of aliphatic carboxylic acids is 1. The van der Waals surface area contributed by atoms with E-state index in [0.717, 1.165) is 35.6 Å². The second-order valence-electron chi connectivity index (χ2n) is 14.1. The van der Waals surface area contributed by atoms with Crippen LogP contribution in [-0.4, -0.2) is 85.9 Å². The predicted octanol–water partition coefficient (Wildman–Crippen LogP) is 6.01. The molecule has 0 unspecified atom stereocenters. The Morgan fingerprint density at radius 1 is 1.04 bits per heavy atom. The van der Waals surface area contributed by atoms with Crippen LogP contribution in [0.2, 0.25) is 0 Å². The Bertz CT molecular complexity index is 1720. The number of nitrogens with zero attached hydrogens (tertiary/aromatic N) is 4. The number of hydrogen-bond donors (Lipinski definition) is 1. The number of carboxylic acid groups (broad SMARTS) is 1. The van der Waals surface area contributed by atoms with Gasteiger partial charge in [-0.05, 0) is 65.3 Å². The van der Waals surface area contributed by atoms with Gasteiger partial charge < -0.3 is 28.9 Å². The topological polar surface area (TPSA) is 131 Å². The minimum atomic E-state index is -1.85. The monoisotopic (exact) mass is 700 g/mol. The van der Waals surface area contributed by atoms with Crippen LogP contribution in [0.5, 0.6) is 0 Å². The number of ether oxygens (including phenoxy) is 2. The second-order valence-corrected chi connectivity index (χ2v) is 14.1. The first-order valence-electron chi connectivity index (χ1n) is 16.2. The van der Waals surface area contributed by atoms with Gasteiger partial charge in [0.2, 0.25) is 0 Å². The van der Waals surface area contributed by atoms with Gasteiger partial charge in [-0.2, -0.15) is 0 Å². The second kappa shape index (κ2) is 14.9. The van der Waals surface area contributed by atoms with Crippen LogP contribution in [0.25, 0.3) is 11.3 Å². The summed E-state index contributed by atoms with van der Waals surface area (Å²) in [5.74, 6) is -5.56. The summed E-state index contributed by atoms with van der Waals surface area (Å²) >= 11 is 0. The van der Waals surface area contributed by atoms with Crippen LogP contribution < -0.4 is 0 Å². The van der Waals surface area contributed by atoms with Gasteiger partial charge in [-0.15, -0.1) is 0 Å². The Labute approximate surface area is 289 Å². The highest BCUT2D eigenvalue weighted by Crippen LogP contribution is 2.42. The molecule has 1 saturated heterocycles. The number of carbonyl (C=O) groups is 4. The molecule has 0 bridgehead atoms. The zero-order valence-electron chi connectivity index (χ0n) is 29.2. The van der Waals surface area contributed by atoms with Gasteiger partial charge in [0.25, 0.3) is 5.91 Å². The lowest BCUT2D eigenvalue weighted by molar-refractivity contribution is -0.165. The van der Waals surface area contributed by atoms with E-state index in [0.29, 0.717) is 0 Å². The molecule has 1 aliphatic rings. The third-order valence-corrected chi connectivity index (χ3v) is 8.42. The van der Waals surface area contributed by atoms with Crippen molar-refractivity contribution in [1.82, 2.24) is 19.4 Å². The van der Waals surface area contributed by atoms with E-state index in [1.807, 2.05) is 0 Å². The van der Waals surface area contributed by atoms with Gasteiger partial charge in [0.15, 0.2) is 6.10 Å². The average Bonchev–Trinajstić information content (AvgIpc) is 3.59. The van der Waals surface area contributed by atoms with Gasteiger partial charge in [0.1, 0.15) is 35.3 Å². The number of amides is 2. The number of likely N-dealkylation sites (tertiary alicyclic amines) is 1. The highest BCUT2D eigenvalue weighted by atomic mass is 19.1. The molecule has 0 radical (unpaired) electrons. The van der Waals surface area contributed by atoms with Crippen molar-refractivity contribution in [3.63, 3.8) is 0 Å².